The Morgan fingerprint density at radius 2 is 1.63 bits per heavy atom. The second-order valence-electron chi connectivity index (χ2n) is 6.63. The highest BCUT2D eigenvalue weighted by molar-refractivity contribution is 5.96. The number of nitrogens with one attached hydrogen (secondary N) is 1. The number of benzene rings is 2. The average molecular weight is 370 g/mol. The molecule has 0 saturated carbocycles. The van der Waals surface area contributed by atoms with Gasteiger partial charge < -0.3 is 15.0 Å². The molecule has 27 heavy (non-hydrogen) atoms. The highest BCUT2D eigenvalue weighted by atomic mass is 19.1. The van der Waals surface area contributed by atoms with Gasteiger partial charge in [0.05, 0.1) is 0 Å². The summed E-state index contributed by atoms with van der Waals surface area (Å²) in [5.74, 6) is -0.241. The van der Waals surface area contributed by atoms with Crippen LogP contribution < -0.4 is 10.1 Å². The minimum absolute atomic E-state index is 0.0283. The fraction of sp³-hybridized carbons (Fsp3) is 0.333. The summed E-state index contributed by atoms with van der Waals surface area (Å²) in [5.41, 5.74) is 1.20. The van der Waals surface area contributed by atoms with E-state index in [1.807, 2.05) is 4.90 Å². The lowest BCUT2D eigenvalue weighted by Crippen LogP contribution is -2.35. The zero-order valence-corrected chi connectivity index (χ0v) is 15.3. The lowest BCUT2D eigenvalue weighted by atomic mass is 10.1. The van der Waals surface area contributed by atoms with Crippen LogP contribution in [0.2, 0.25) is 0 Å². The molecule has 2 aromatic carbocycles. The number of carbonyl (C=O) groups excluding carboxylic acids is 2. The van der Waals surface area contributed by atoms with Crippen LogP contribution >= 0.6 is 0 Å². The average Bonchev–Trinajstić information content (AvgIpc) is 2.70. The van der Waals surface area contributed by atoms with Crippen molar-refractivity contribution in [2.45, 2.75) is 32.3 Å². The summed E-state index contributed by atoms with van der Waals surface area (Å²) in [6, 6.07) is 12.4. The molecule has 1 saturated heterocycles. The molecular formula is C21H23FN2O3. The molecule has 0 spiro atoms. The Kier molecular flexibility index (Phi) is 6.06. The Morgan fingerprint density at radius 1 is 1.00 bits per heavy atom. The van der Waals surface area contributed by atoms with E-state index in [4.69, 9.17) is 4.74 Å². The first-order valence-electron chi connectivity index (χ1n) is 9.15. The fourth-order valence-electron chi connectivity index (χ4n) is 2.99. The van der Waals surface area contributed by atoms with Gasteiger partial charge in [0.2, 0.25) is 0 Å². The van der Waals surface area contributed by atoms with Gasteiger partial charge in [-0.05, 0) is 74.7 Å². The Hall–Kier alpha value is -2.89. The van der Waals surface area contributed by atoms with Crippen molar-refractivity contribution in [1.29, 1.82) is 0 Å². The van der Waals surface area contributed by atoms with E-state index in [9.17, 15) is 14.0 Å². The van der Waals surface area contributed by atoms with Crippen LogP contribution in [0.3, 0.4) is 0 Å². The second-order valence-corrected chi connectivity index (χ2v) is 6.63. The van der Waals surface area contributed by atoms with Crippen molar-refractivity contribution in [3.05, 3.63) is 59.9 Å². The number of halogens is 1. The van der Waals surface area contributed by atoms with Crippen LogP contribution in [0.15, 0.2) is 48.5 Å². The Labute approximate surface area is 158 Å². The predicted molar refractivity (Wildman–Crippen MR) is 101 cm³/mol. The van der Waals surface area contributed by atoms with Gasteiger partial charge in [0, 0.05) is 24.3 Å². The number of hydrogen-bond donors (Lipinski definition) is 1. The molecule has 1 aliphatic heterocycles. The van der Waals surface area contributed by atoms with Crippen molar-refractivity contribution >= 4 is 17.5 Å². The van der Waals surface area contributed by atoms with E-state index in [2.05, 4.69) is 5.32 Å². The molecule has 1 atom stereocenters. The molecule has 0 aliphatic carbocycles. The van der Waals surface area contributed by atoms with Gasteiger partial charge >= 0.3 is 0 Å². The van der Waals surface area contributed by atoms with Crippen molar-refractivity contribution in [3.8, 4) is 5.75 Å². The largest absolute Gasteiger partial charge is 0.481 e. The topological polar surface area (TPSA) is 58.6 Å². The summed E-state index contributed by atoms with van der Waals surface area (Å²) in [5, 5.41) is 2.76. The molecule has 0 bridgehead atoms. The highest BCUT2D eigenvalue weighted by Gasteiger charge is 2.19. The number of anilines is 1. The Balaban J connectivity index is 1.56. The molecule has 1 aliphatic rings. The van der Waals surface area contributed by atoms with E-state index in [1.54, 1.807) is 31.2 Å². The smallest absolute Gasteiger partial charge is 0.265 e. The van der Waals surface area contributed by atoms with Crippen LogP contribution in [0.1, 0.15) is 36.5 Å². The van der Waals surface area contributed by atoms with E-state index in [0.717, 1.165) is 25.9 Å². The van der Waals surface area contributed by atoms with E-state index in [1.165, 1.54) is 30.7 Å². The number of nitrogens with zero attached hydrogens (tertiary/aromatic N) is 1. The molecule has 142 valence electrons. The molecule has 1 heterocycles. The number of carbonyl (C=O) groups is 2. The number of rotatable bonds is 5. The molecule has 1 fully saturated rings. The molecule has 5 nitrogen and oxygen atoms in total. The van der Waals surface area contributed by atoms with Crippen molar-refractivity contribution in [1.82, 2.24) is 4.90 Å². The maximum Gasteiger partial charge on any atom is 0.265 e. The summed E-state index contributed by atoms with van der Waals surface area (Å²) in [7, 11) is 0. The SMILES string of the molecule is C[C@H](Oc1ccc(F)cc1)C(=O)Nc1ccc(C(=O)N2CCCCC2)cc1. The highest BCUT2D eigenvalue weighted by Crippen LogP contribution is 2.17. The second kappa shape index (κ2) is 8.66. The van der Waals surface area contributed by atoms with Crippen LogP contribution in [0, 0.1) is 5.82 Å². The molecule has 0 radical (unpaired) electrons. The van der Waals surface area contributed by atoms with Crippen LogP contribution in [-0.4, -0.2) is 35.9 Å². The van der Waals surface area contributed by atoms with Gasteiger partial charge in [0.1, 0.15) is 11.6 Å². The third kappa shape index (κ3) is 5.06. The Morgan fingerprint density at radius 3 is 2.26 bits per heavy atom. The molecule has 2 amide bonds. The first-order valence-corrected chi connectivity index (χ1v) is 9.15. The summed E-state index contributed by atoms with van der Waals surface area (Å²) in [6.45, 7) is 3.22. The first-order chi connectivity index (χ1) is 13.0. The van der Waals surface area contributed by atoms with Gasteiger partial charge in [0.25, 0.3) is 11.8 Å². The van der Waals surface area contributed by atoms with Crippen molar-refractivity contribution in [2.75, 3.05) is 18.4 Å². The van der Waals surface area contributed by atoms with Gasteiger partial charge in [-0.15, -0.1) is 0 Å². The normalized spacial score (nSPS) is 15.1. The van der Waals surface area contributed by atoms with Crippen LogP contribution in [0.4, 0.5) is 10.1 Å². The molecule has 6 heteroatoms. The Bertz CT molecular complexity index is 784. The van der Waals surface area contributed by atoms with E-state index < -0.39 is 6.10 Å². The molecule has 2 aromatic rings. The zero-order chi connectivity index (χ0) is 19.2. The van der Waals surface area contributed by atoms with Crippen molar-refractivity contribution in [3.63, 3.8) is 0 Å². The van der Waals surface area contributed by atoms with E-state index in [0.29, 0.717) is 17.0 Å². The lowest BCUT2D eigenvalue weighted by Gasteiger charge is -2.26. The maximum atomic E-state index is 12.9. The minimum atomic E-state index is -0.745. The number of ether oxygens (including phenoxy) is 1. The number of amides is 2. The van der Waals surface area contributed by atoms with Gasteiger partial charge in [-0.25, -0.2) is 4.39 Å². The van der Waals surface area contributed by atoms with Crippen molar-refractivity contribution < 1.29 is 18.7 Å². The summed E-state index contributed by atoms with van der Waals surface area (Å²) >= 11 is 0. The van der Waals surface area contributed by atoms with Gasteiger partial charge in [-0.2, -0.15) is 0 Å². The molecular weight excluding hydrogens is 347 g/mol. The first kappa shape index (κ1) is 18.9. The third-order valence-electron chi connectivity index (χ3n) is 4.54. The maximum absolute atomic E-state index is 12.9. The molecule has 0 unspecified atom stereocenters. The van der Waals surface area contributed by atoms with Crippen molar-refractivity contribution in [2.24, 2.45) is 0 Å². The van der Waals surface area contributed by atoms with Gasteiger partial charge in [0.15, 0.2) is 6.10 Å². The van der Waals surface area contributed by atoms with Gasteiger partial charge in [-0.3, -0.25) is 9.59 Å². The number of piperidine rings is 1. The minimum Gasteiger partial charge on any atom is -0.481 e. The van der Waals surface area contributed by atoms with Crippen LogP contribution in [0.5, 0.6) is 5.75 Å². The monoisotopic (exact) mass is 370 g/mol. The summed E-state index contributed by atoms with van der Waals surface area (Å²) < 4.78 is 18.4. The fourth-order valence-corrected chi connectivity index (χ4v) is 2.99. The molecule has 0 aromatic heterocycles. The summed E-state index contributed by atoms with van der Waals surface area (Å²) in [4.78, 5) is 26.6. The molecule has 3 rings (SSSR count). The number of likely N-dealkylation sites (tertiary alicyclic amines) is 1. The quantitative estimate of drug-likeness (QED) is 0.870. The summed E-state index contributed by atoms with van der Waals surface area (Å²) in [6.07, 6.45) is 2.52. The lowest BCUT2D eigenvalue weighted by molar-refractivity contribution is -0.122. The standard InChI is InChI=1S/C21H23FN2O3/c1-15(27-19-11-7-17(22)8-12-19)20(25)23-18-9-5-16(6-10-18)21(26)24-13-3-2-4-14-24/h5-12,15H,2-4,13-14H2,1H3,(H,23,25)/t15-/m0/s1. The third-order valence-corrected chi connectivity index (χ3v) is 4.54. The molecule has 1 N–H and O–H groups in total. The zero-order valence-electron chi connectivity index (χ0n) is 15.3. The van der Waals surface area contributed by atoms with E-state index >= 15 is 0 Å². The van der Waals surface area contributed by atoms with E-state index in [-0.39, 0.29) is 17.6 Å². The predicted octanol–water partition coefficient (Wildman–Crippen LogP) is 3.86. The number of hydrogen-bond acceptors (Lipinski definition) is 3. The van der Waals surface area contributed by atoms with Crippen LogP contribution in [0.25, 0.3) is 0 Å². The van der Waals surface area contributed by atoms with Crippen LogP contribution in [-0.2, 0) is 4.79 Å². The van der Waals surface area contributed by atoms with Gasteiger partial charge in [-0.1, -0.05) is 0 Å².